The Balaban J connectivity index is 0.000000573. The number of aldehydes is 1. The van der Waals surface area contributed by atoms with Crippen molar-refractivity contribution in [1.82, 2.24) is 35.1 Å². The van der Waals surface area contributed by atoms with Gasteiger partial charge in [0, 0.05) is 27.9 Å². The van der Waals surface area contributed by atoms with Crippen molar-refractivity contribution in [3.63, 3.8) is 0 Å². The average molecular weight is 811 g/mol. The molecule has 2 aliphatic rings. The van der Waals surface area contributed by atoms with E-state index in [2.05, 4.69) is 15.3 Å². The molecule has 2 rings (SSSR count). The third-order valence-electron chi connectivity index (χ3n) is 5.80. The molecule has 2 aliphatic heterocycles. The largest absolute Gasteiger partial charge is 0.442 e. The fourth-order valence-corrected chi connectivity index (χ4v) is 3.94. The van der Waals surface area contributed by atoms with Crippen molar-refractivity contribution < 1.29 is 62.1 Å². The molecule has 0 radical (unpaired) electrons. The molecule has 57 heavy (non-hydrogen) atoms. The molecule has 0 unspecified atom stereocenters. The zero-order valence-corrected chi connectivity index (χ0v) is 35.3. The topological polar surface area (TPSA) is 250 Å². The van der Waals surface area contributed by atoms with Crippen LogP contribution in [0.1, 0.15) is 96.9 Å². The molecule has 0 saturated carbocycles. The summed E-state index contributed by atoms with van der Waals surface area (Å²) in [5.74, 6) is -1.64. The highest BCUT2D eigenvalue weighted by Crippen LogP contribution is 2.21. The number of carbonyl (C=O) groups is 9. The number of rotatable bonds is 5. The summed E-state index contributed by atoms with van der Waals surface area (Å²) < 4.78 is 20.6. The number of nitrogens with zero attached hydrogens (tertiary/aromatic N) is 10. The maximum atomic E-state index is 12.9. The molecule has 0 aromatic carbocycles. The lowest BCUT2D eigenvalue weighted by Crippen LogP contribution is -2.61. The number of hydrogen-bond acceptors (Lipinski definition) is 17. The van der Waals surface area contributed by atoms with E-state index in [0.717, 1.165) is 18.9 Å². The standard InChI is InChI=1S/C18H30N6O6.C16H24N4O7/c1-12(25)24(16(28)30-18(5,6)7)22-11-13(10-19-21(8)9)20-23(14(22)26)15(27)29-17(2,3)4;1-10(22)20(14(25)27-16(5,6)7)18-8-11(9-21)17-19(12(18)23)13(24)26-15(2,3)4/h10H,11H2,1-9H3;9H,8H2,1-7H3/b19-10+;. The van der Waals surface area contributed by atoms with Gasteiger partial charge < -0.3 is 24.0 Å². The van der Waals surface area contributed by atoms with Gasteiger partial charge in [-0.25, -0.2) is 38.8 Å². The summed E-state index contributed by atoms with van der Waals surface area (Å²) >= 11 is 0. The second-order valence-electron chi connectivity index (χ2n) is 16.3. The van der Waals surface area contributed by atoms with Crippen LogP contribution in [0.2, 0.25) is 0 Å². The van der Waals surface area contributed by atoms with Gasteiger partial charge in [0.1, 0.15) is 33.8 Å². The summed E-state index contributed by atoms with van der Waals surface area (Å²) in [6.45, 7) is 20.5. The Kier molecular flexibility index (Phi) is 16.0. The highest BCUT2D eigenvalue weighted by atomic mass is 16.6. The van der Waals surface area contributed by atoms with Gasteiger partial charge in [0.25, 0.3) is 0 Å². The first kappa shape index (κ1) is 48.9. The molecule has 23 nitrogen and oxygen atoms in total. The summed E-state index contributed by atoms with van der Waals surface area (Å²) in [6, 6.07) is -2.19. The molecule has 318 valence electrons. The molecule has 0 aliphatic carbocycles. The third-order valence-corrected chi connectivity index (χ3v) is 5.80. The highest BCUT2D eigenvalue weighted by Gasteiger charge is 2.44. The minimum atomic E-state index is -1.16. The molecule has 0 atom stereocenters. The van der Waals surface area contributed by atoms with Gasteiger partial charge in [-0.1, -0.05) is 0 Å². The van der Waals surface area contributed by atoms with Gasteiger partial charge in [-0.15, -0.1) is 20.0 Å². The summed E-state index contributed by atoms with van der Waals surface area (Å²) in [7, 11) is 3.33. The molecule has 0 N–H and O–H groups in total. The van der Waals surface area contributed by atoms with Crippen LogP contribution in [0, 0.1) is 0 Å². The van der Waals surface area contributed by atoms with Gasteiger partial charge in [0.15, 0.2) is 6.29 Å². The van der Waals surface area contributed by atoms with Crippen LogP contribution in [0.15, 0.2) is 15.3 Å². The fourth-order valence-electron chi connectivity index (χ4n) is 3.94. The zero-order valence-electron chi connectivity index (χ0n) is 35.3. The van der Waals surface area contributed by atoms with Crippen LogP contribution in [-0.4, -0.2) is 157 Å². The lowest BCUT2D eigenvalue weighted by molar-refractivity contribution is -0.141. The quantitative estimate of drug-likeness (QED) is 0.164. The van der Waals surface area contributed by atoms with E-state index in [1.54, 1.807) is 97.2 Å². The first-order valence-electron chi connectivity index (χ1n) is 17.3. The maximum Gasteiger partial charge on any atom is 0.439 e. The lowest BCUT2D eigenvalue weighted by atomic mass is 10.2. The molecule has 0 saturated heterocycles. The molecular weight excluding hydrogens is 756 g/mol. The first-order valence-corrected chi connectivity index (χ1v) is 17.3. The minimum Gasteiger partial charge on any atom is -0.442 e. The van der Waals surface area contributed by atoms with E-state index in [1.165, 1.54) is 11.2 Å². The number of urea groups is 2. The van der Waals surface area contributed by atoms with Gasteiger partial charge >= 0.3 is 36.4 Å². The van der Waals surface area contributed by atoms with E-state index in [-0.39, 0.29) is 23.0 Å². The summed E-state index contributed by atoms with van der Waals surface area (Å²) in [5.41, 5.74) is -3.85. The molecule has 10 amide bonds. The Bertz CT molecular complexity index is 1700. The van der Waals surface area contributed by atoms with Gasteiger partial charge in [-0.05, 0) is 83.1 Å². The summed E-state index contributed by atoms with van der Waals surface area (Å²) in [6.07, 6.45) is -2.85. The first-order chi connectivity index (χ1) is 25.7. The van der Waals surface area contributed by atoms with E-state index in [1.807, 2.05) is 0 Å². The number of imide groups is 4. The Hall–Kier alpha value is -6.16. The van der Waals surface area contributed by atoms with Crippen molar-refractivity contribution in [2.24, 2.45) is 15.3 Å². The third kappa shape index (κ3) is 15.8. The van der Waals surface area contributed by atoms with E-state index < -0.39 is 77.2 Å². The number of hydrazone groups is 3. The molecule has 0 aromatic rings. The molecule has 0 fully saturated rings. The maximum absolute atomic E-state index is 12.9. The van der Waals surface area contributed by atoms with Crippen LogP contribution in [-0.2, 0) is 33.3 Å². The van der Waals surface area contributed by atoms with E-state index >= 15 is 0 Å². The van der Waals surface area contributed by atoms with Crippen molar-refractivity contribution in [3.05, 3.63) is 0 Å². The Labute approximate surface area is 331 Å². The van der Waals surface area contributed by atoms with Gasteiger partial charge in [-0.2, -0.15) is 15.3 Å². The van der Waals surface area contributed by atoms with Gasteiger partial charge in [0.05, 0.1) is 19.3 Å². The van der Waals surface area contributed by atoms with Crippen LogP contribution < -0.4 is 0 Å². The molecule has 23 heteroatoms. The van der Waals surface area contributed by atoms with Crippen molar-refractivity contribution >= 4 is 72.2 Å². The second kappa shape index (κ2) is 18.7. The Morgan fingerprint density at radius 3 is 1.19 bits per heavy atom. The summed E-state index contributed by atoms with van der Waals surface area (Å²) in [5, 5.41) is 16.1. The summed E-state index contributed by atoms with van der Waals surface area (Å²) in [4.78, 5) is 111. The zero-order chi connectivity index (χ0) is 44.6. The van der Waals surface area contributed by atoms with Crippen LogP contribution in [0.25, 0.3) is 0 Å². The molecule has 0 spiro atoms. The van der Waals surface area contributed by atoms with Crippen LogP contribution in [0.4, 0.5) is 28.8 Å². The van der Waals surface area contributed by atoms with Crippen molar-refractivity contribution in [2.75, 3.05) is 27.2 Å². The van der Waals surface area contributed by atoms with E-state index in [0.29, 0.717) is 26.3 Å². The van der Waals surface area contributed by atoms with Gasteiger partial charge in [-0.3, -0.25) is 14.4 Å². The fraction of sp³-hybridized carbons (Fsp3) is 0.647. The highest BCUT2D eigenvalue weighted by molar-refractivity contribution is 6.33. The molecule has 0 aromatic heterocycles. The number of carbonyl (C=O) groups excluding carboxylic acids is 9. The number of hydrogen-bond donors (Lipinski definition) is 0. The normalized spacial score (nSPS) is 15.1. The van der Waals surface area contributed by atoms with Crippen molar-refractivity contribution in [1.29, 1.82) is 0 Å². The van der Waals surface area contributed by atoms with Crippen LogP contribution in [0.5, 0.6) is 0 Å². The van der Waals surface area contributed by atoms with E-state index in [9.17, 15) is 43.2 Å². The molecule has 0 bridgehead atoms. The average Bonchev–Trinajstić information content (AvgIpc) is 2.98. The van der Waals surface area contributed by atoms with Crippen LogP contribution in [0.3, 0.4) is 0 Å². The van der Waals surface area contributed by atoms with Gasteiger partial charge in [0.2, 0.25) is 11.8 Å². The molecular formula is C34H54N10O13. The monoisotopic (exact) mass is 810 g/mol. The van der Waals surface area contributed by atoms with Crippen molar-refractivity contribution in [3.8, 4) is 0 Å². The molecule has 2 heterocycles. The van der Waals surface area contributed by atoms with Crippen molar-refractivity contribution in [2.45, 2.75) is 119 Å². The Morgan fingerprint density at radius 1 is 0.596 bits per heavy atom. The number of hydrazine groups is 2. The van der Waals surface area contributed by atoms with E-state index in [4.69, 9.17) is 18.9 Å². The predicted octanol–water partition coefficient (Wildman–Crippen LogP) is 4.17. The minimum absolute atomic E-state index is 0.129. The smallest absolute Gasteiger partial charge is 0.439 e. The SMILES string of the molecule is CC(=O)N(C(=O)OC(C)(C)C)N1CC(/C=N/N(C)C)=NN(C(=O)OC(C)(C)C)C1=O.CC(=O)N(C(=O)OC(C)(C)C)N1CC(C=O)=NN(C(=O)OC(C)(C)C)C1=O. The number of ether oxygens (including phenoxy) is 4. The van der Waals surface area contributed by atoms with Crippen LogP contribution >= 0.6 is 0 Å². The Morgan fingerprint density at radius 2 is 0.912 bits per heavy atom. The predicted molar refractivity (Wildman–Crippen MR) is 201 cm³/mol. The number of amides is 10. The second-order valence-corrected chi connectivity index (χ2v) is 16.3. The lowest BCUT2D eigenvalue weighted by Gasteiger charge is -2.37.